The van der Waals surface area contributed by atoms with Crippen molar-refractivity contribution in [2.75, 3.05) is 13.1 Å². The Balaban J connectivity index is 2.04. The fourth-order valence-electron chi connectivity index (χ4n) is 2.46. The minimum Gasteiger partial charge on any atom is -0.294 e. The first-order chi connectivity index (χ1) is 9.18. The van der Waals surface area contributed by atoms with E-state index in [1.165, 1.54) is 0 Å². The van der Waals surface area contributed by atoms with Crippen LogP contribution in [0.5, 0.6) is 0 Å². The van der Waals surface area contributed by atoms with Gasteiger partial charge in [0.15, 0.2) is 5.78 Å². The second-order valence-corrected chi connectivity index (χ2v) is 4.86. The van der Waals surface area contributed by atoms with Crippen molar-refractivity contribution in [1.82, 2.24) is 4.90 Å². The lowest BCUT2D eigenvalue weighted by Crippen LogP contribution is -2.45. The van der Waals surface area contributed by atoms with Gasteiger partial charge in [-0.05, 0) is 12.8 Å². The molecule has 1 aliphatic heterocycles. The minimum absolute atomic E-state index is 0.0446. The van der Waals surface area contributed by atoms with Crippen LogP contribution >= 0.6 is 0 Å². The number of nitro groups is 1. The molecule has 5 heteroatoms. The minimum atomic E-state index is -0.881. The van der Waals surface area contributed by atoms with Crippen LogP contribution in [0.4, 0.5) is 0 Å². The monoisotopic (exact) mass is 262 g/mol. The van der Waals surface area contributed by atoms with E-state index in [0.717, 1.165) is 19.3 Å². The number of piperidine rings is 1. The smallest absolute Gasteiger partial charge is 0.275 e. The second kappa shape index (κ2) is 6.43. The first-order valence-corrected chi connectivity index (χ1v) is 6.64. The molecule has 1 atom stereocenters. The van der Waals surface area contributed by atoms with Gasteiger partial charge < -0.3 is 0 Å². The van der Waals surface area contributed by atoms with E-state index in [9.17, 15) is 14.9 Å². The van der Waals surface area contributed by atoms with Crippen molar-refractivity contribution in [3.05, 3.63) is 46.0 Å². The van der Waals surface area contributed by atoms with Crippen LogP contribution in [0, 0.1) is 10.1 Å². The number of rotatable bonds is 5. The maximum atomic E-state index is 12.1. The van der Waals surface area contributed by atoms with E-state index < -0.39 is 6.17 Å². The van der Waals surface area contributed by atoms with Gasteiger partial charge in [0, 0.05) is 23.6 Å². The van der Waals surface area contributed by atoms with Crippen molar-refractivity contribution in [3.63, 3.8) is 0 Å². The van der Waals surface area contributed by atoms with E-state index in [-0.39, 0.29) is 17.1 Å². The topological polar surface area (TPSA) is 63.5 Å². The number of carbonyl (C=O) groups excluding carboxylic acids is 1. The van der Waals surface area contributed by atoms with E-state index in [4.69, 9.17) is 0 Å². The highest BCUT2D eigenvalue weighted by molar-refractivity contribution is 5.96. The number of Topliss-reactive ketones (excluding diaryl/α,β-unsaturated/α-hetero) is 1. The summed E-state index contributed by atoms with van der Waals surface area (Å²) in [6.45, 7) is 1.43. The third-order valence-corrected chi connectivity index (χ3v) is 3.52. The standard InChI is InChI=1S/C14H18N2O3/c17-13(12-7-3-1-4-8-12)11-14(16(18)19)15-9-5-2-6-10-15/h1,3-4,7-8,14H,2,5-6,9-11H2. The number of benzene rings is 1. The van der Waals surface area contributed by atoms with Gasteiger partial charge in [0.1, 0.15) is 0 Å². The third kappa shape index (κ3) is 3.61. The number of ketones is 1. The van der Waals surface area contributed by atoms with Gasteiger partial charge in [-0.2, -0.15) is 0 Å². The van der Waals surface area contributed by atoms with Gasteiger partial charge in [0.25, 0.3) is 6.17 Å². The fourth-order valence-corrected chi connectivity index (χ4v) is 2.46. The van der Waals surface area contributed by atoms with E-state index >= 15 is 0 Å². The normalized spacial score (nSPS) is 17.9. The molecule has 0 aliphatic carbocycles. The van der Waals surface area contributed by atoms with Crippen LogP contribution in [-0.2, 0) is 0 Å². The predicted octanol–water partition coefficient (Wildman–Crippen LogP) is 2.35. The molecule has 1 aromatic rings. The summed E-state index contributed by atoms with van der Waals surface area (Å²) in [4.78, 5) is 24.7. The average Bonchev–Trinajstić information content (AvgIpc) is 2.46. The Kier molecular flexibility index (Phi) is 4.63. The number of likely N-dealkylation sites (tertiary alicyclic amines) is 1. The average molecular weight is 262 g/mol. The first kappa shape index (κ1) is 13.7. The molecular weight excluding hydrogens is 244 g/mol. The van der Waals surface area contributed by atoms with Gasteiger partial charge in [-0.25, -0.2) is 4.90 Å². The lowest BCUT2D eigenvalue weighted by atomic mass is 10.0. The highest BCUT2D eigenvalue weighted by Gasteiger charge is 2.32. The van der Waals surface area contributed by atoms with Crippen molar-refractivity contribution in [2.24, 2.45) is 0 Å². The molecule has 1 aromatic carbocycles. The molecule has 0 radical (unpaired) electrons. The Hall–Kier alpha value is -1.75. The molecule has 1 aliphatic rings. The van der Waals surface area contributed by atoms with Gasteiger partial charge >= 0.3 is 0 Å². The largest absolute Gasteiger partial charge is 0.294 e. The summed E-state index contributed by atoms with van der Waals surface area (Å²) in [6.07, 6.45) is 2.14. The molecule has 102 valence electrons. The van der Waals surface area contributed by atoms with Gasteiger partial charge in [0.05, 0.1) is 6.42 Å². The predicted molar refractivity (Wildman–Crippen MR) is 71.6 cm³/mol. The first-order valence-electron chi connectivity index (χ1n) is 6.64. The number of nitrogens with zero attached hydrogens (tertiary/aromatic N) is 2. The summed E-state index contributed by atoms with van der Waals surface area (Å²) in [5.41, 5.74) is 0.548. The molecule has 0 spiro atoms. The molecule has 1 unspecified atom stereocenters. The van der Waals surface area contributed by atoms with Gasteiger partial charge in [-0.1, -0.05) is 36.8 Å². The zero-order valence-electron chi connectivity index (χ0n) is 10.8. The molecule has 1 fully saturated rings. The van der Waals surface area contributed by atoms with E-state index in [0.29, 0.717) is 18.7 Å². The summed E-state index contributed by atoms with van der Waals surface area (Å²) >= 11 is 0. The fraction of sp³-hybridized carbons (Fsp3) is 0.500. The van der Waals surface area contributed by atoms with Crippen LogP contribution in [0.2, 0.25) is 0 Å². The van der Waals surface area contributed by atoms with Crippen LogP contribution < -0.4 is 0 Å². The number of hydrogen-bond acceptors (Lipinski definition) is 4. The zero-order valence-corrected chi connectivity index (χ0v) is 10.8. The lowest BCUT2D eigenvalue weighted by Gasteiger charge is -2.28. The Morgan fingerprint density at radius 2 is 1.84 bits per heavy atom. The van der Waals surface area contributed by atoms with Gasteiger partial charge in [0.2, 0.25) is 0 Å². The second-order valence-electron chi connectivity index (χ2n) is 4.86. The van der Waals surface area contributed by atoms with E-state index in [1.807, 2.05) is 11.0 Å². The molecule has 2 rings (SSSR count). The summed E-state index contributed by atoms with van der Waals surface area (Å²) in [7, 11) is 0. The highest BCUT2D eigenvalue weighted by Crippen LogP contribution is 2.16. The highest BCUT2D eigenvalue weighted by atomic mass is 16.6. The Bertz CT molecular complexity index is 441. The molecule has 0 aromatic heterocycles. The summed E-state index contributed by atoms with van der Waals surface area (Å²) < 4.78 is 0. The Morgan fingerprint density at radius 3 is 2.42 bits per heavy atom. The van der Waals surface area contributed by atoms with Crippen LogP contribution in [0.3, 0.4) is 0 Å². The van der Waals surface area contributed by atoms with Crippen LogP contribution in [-0.4, -0.2) is 34.9 Å². The van der Waals surface area contributed by atoms with Crippen LogP contribution in [0.1, 0.15) is 36.0 Å². The number of carbonyl (C=O) groups is 1. The number of hydrogen-bond donors (Lipinski definition) is 0. The molecule has 0 bridgehead atoms. The van der Waals surface area contributed by atoms with E-state index in [1.54, 1.807) is 24.3 Å². The van der Waals surface area contributed by atoms with Crippen LogP contribution in [0.25, 0.3) is 0 Å². The van der Waals surface area contributed by atoms with Crippen LogP contribution in [0.15, 0.2) is 30.3 Å². The molecule has 0 amide bonds. The van der Waals surface area contributed by atoms with Crippen molar-refractivity contribution >= 4 is 5.78 Å². The summed E-state index contributed by atoms with van der Waals surface area (Å²) in [6, 6.07) is 8.78. The van der Waals surface area contributed by atoms with Gasteiger partial charge in [-0.3, -0.25) is 14.9 Å². The SMILES string of the molecule is O=C(CC(N1CCCCC1)[N+](=O)[O-])c1ccccc1. The summed E-state index contributed by atoms with van der Waals surface area (Å²) in [5.74, 6) is -0.159. The maximum absolute atomic E-state index is 12.1. The Labute approximate surface area is 112 Å². The van der Waals surface area contributed by atoms with E-state index in [2.05, 4.69) is 0 Å². The summed E-state index contributed by atoms with van der Waals surface area (Å²) in [5, 5.41) is 11.2. The molecule has 1 heterocycles. The molecule has 0 N–H and O–H groups in total. The maximum Gasteiger partial charge on any atom is 0.275 e. The lowest BCUT2D eigenvalue weighted by molar-refractivity contribution is -0.549. The van der Waals surface area contributed by atoms with Crippen molar-refractivity contribution in [3.8, 4) is 0 Å². The molecular formula is C14H18N2O3. The van der Waals surface area contributed by atoms with Crippen molar-refractivity contribution in [1.29, 1.82) is 0 Å². The van der Waals surface area contributed by atoms with Gasteiger partial charge in [-0.15, -0.1) is 0 Å². The van der Waals surface area contributed by atoms with Crippen molar-refractivity contribution < 1.29 is 9.72 Å². The third-order valence-electron chi connectivity index (χ3n) is 3.52. The Morgan fingerprint density at radius 1 is 1.21 bits per heavy atom. The molecule has 0 saturated carbocycles. The molecule has 5 nitrogen and oxygen atoms in total. The van der Waals surface area contributed by atoms with Crippen molar-refractivity contribution in [2.45, 2.75) is 31.8 Å². The molecule has 1 saturated heterocycles. The quantitative estimate of drug-likeness (QED) is 0.464. The zero-order chi connectivity index (χ0) is 13.7. The molecule has 19 heavy (non-hydrogen) atoms.